The Morgan fingerprint density at radius 1 is 0.766 bits per heavy atom. The monoisotopic (exact) mass is 1520 g/mol. The molecular weight excluding hydrogens is 1400 g/mol. The zero-order chi connectivity index (χ0) is 79.7. The molecule has 2 aliphatic heterocycles. The second-order valence-corrected chi connectivity index (χ2v) is 32.0. The third-order valence-corrected chi connectivity index (χ3v) is 22.8. The van der Waals surface area contributed by atoms with Gasteiger partial charge in [-0.05, 0) is 130 Å². The van der Waals surface area contributed by atoms with Gasteiger partial charge in [-0.25, -0.2) is 9.59 Å². The Kier molecular flexibility index (Phi) is 36.0. The van der Waals surface area contributed by atoms with Crippen molar-refractivity contribution in [2.45, 2.75) is 232 Å². The predicted molar refractivity (Wildman–Crippen MR) is 406 cm³/mol. The lowest BCUT2D eigenvalue weighted by atomic mass is 9.83. The van der Waals surface area contributed by atoms with Crippen molar-refractivity contribution in [3.05, 3.63) is 59.7 Å². The van der Waals surface area contributed by atoms with E-state index in [2.05, 4.69) is 26.6 Å². The summed E-state index contributed by atoms with van der Waals surface area (Å²) in [5.41, 5.74) is 6.48. The first-order chi connectivity index (χ1) is 50.5. The molecule has 5 rings (SSSR count). The smallest absolute Gasteiger partial charge is 0.408 e. The molecule has 14 atom stereocenters. The van der Waals surface area contributed by atoms with E-state index < -0.39 is 101 Å². The molecular formula is C78H122N10O18S. The van der Waals surface area contributed by atoms with Crippen LogP contribution < -0.4 is 37.1 Å². The first kappa shape index (κ1) is 89.9. The molecule has 0 spiro atoms. The van der Waals surface area contributed by atoms with Crippen LogP contribution in [0.4, 0.5) is 15.3 Å². The number of thioether (sulfide) groups is 1. The molecule has 2 aromatic rings. The Morgan fingerprint density at radius 2 is 1.43 bits per heavy atom. The van der Waals surface area contributed by atoms with Crippen molar-refractivity contribution in [1.29, 1.82) is 0 Å². The summed E-state index contributed by atoms with van der Waals surface area (Å²) in [5, 5.41) is 34.1. The minimum atomic E-state index is -0.942. The number of nitrogens with zero attached hydrogens (tertiary/aromatic N) is 4. The number of benzene rings is 2. The molecule has 2 heterocycles. The van der Waals surface area contributed by atoms with Crippen LogP contribution in [0.3, 0.4) is 0 Å². The Morgan fingerprint density at radius 3 is 1.99 bits per heavy atom. The molecule has 2 unspecified atom stereocenters. The summed E-state index contributed by atoms with van der Waals surface area (Å²) in [7, 11) is 9.87. The van der Waals surface area contributed by atoms with Gasteiger partial charge in [-0.1, -0.05) is 99.4 Å². The van der Waals surface area contributed by atoms with Crippen molar-refractivity contribution in [2.24, 2.45) is 52.6 Å². The molecule has 0 radical (unpaired) electrons. The van der Waals surface area contributed by atoms with Crippen LogP contribution in [-0.2, 0) is 68.8 Å². The number of urea groups is 1. The van der Waals surface area contributed by atoms with E-state index in [1.54, 1.807) is 88.2 Å². The van der Waals surface area contributed by atoms with Crippen LogP contribution in [0.1, 0.15) is 183 Å². The average molecular weight is 1520 g/mol. The lowest BCUT2D eigenvalue weighted by Gasteiger charge is -2.41. The number of carboxylic acids is 1. The Bertz CT molecular complexity index is 3310. The number of carboxylic acid groups (broad SMARTS) is 1. The van der Waals surface area contributed by atoms with E-state index >= 15 is 0 Å². The number of rotatable bonds is 47. The van der Waals surface area contributed by atoms with Gasteiger partial charge in [0.15, 0.2) is 11.6 Å². The molecule has 29 heteroatoms. The van der Waals surface area contributed by atoms with Gasteiger partial charge < -0.3 is 71.3 Å². The first-order valence-corrected chi connectivity index (χ1v) is 38.8. The SMILES string of the molecule is CC[C@H](C)[C@@H]([C@@H](CC(=O)N1C[C@@H](O)C[C@H]1[C@H](OC)[C@@H](C)C(=O)N[C@H](C)C(NC(=O)OCc1ccc(NC(=O)[C@H](CCCNC(N)=O)CC(=O)[C@@H](NC(=O)CCCCCN2C(=O)CC(SCC3(CC(=O)O)CC3)C2=O)C(C)C)cc1)c1ccc(OC)cc1)OC)N(C)C(=O)[C@@H](CC(=O)[C@H](C(C)C)N(C)C)C(C)C. The number of likely N-dealkylation sites (N-methyl/N-ethyl adjacent to an activating group) is 2. The van der Waals surface area contributed by atoms with E-state index in [9.17, 15) is 67.7 Å². The molecule has 2 saturated heterocycles. The van der Waals surface area contributed by atoms with Gasteiger partial charge in [0, 0.05) is 89.9 Å². The zero-order valence-electron chi connectivity index (χ0n) is 65.8. The maximum Gasteiger partial charge on any atom is 0.408 e. The summed E-state index contributed by atoms with van der Waals surface area (Å²) in [6.07, 6.45) is 0.585. The first-order valence-electron chi connectivity index (χ1n) is 37.8. The quantitative estimate of drug-likeness (QED) is 0.0233. The van der Waals surface area contributed by atoms with Crippen molar-refractivity contribution in [2.75, 3.05) is 73.2 Å². The maximum absolute atomic E-state index is 14.7. The van der Waals surface area contributed by atoms with Gasteiger partial charge in [-0.2, -0.15) is 0 Å². The molecule has 9 N–H and O–H groups in total. The number of unbranched alkanes of at least 4 members (excludes halogenated alkanes) is 2. The molecule has 28 nitrogen and oxygen atoms in total. The number of amides is 10. The fraction of sp³-hybridized carbons (Fsp3) is 0.692. The number of likely N-dealkylation sites (tertiary alicyclic amines) is 2. The molecule has 1 aliphatic carbocycles. The van der Waals surface area contributed by atoms with Gasteiger partial charge in [-0.15, -0.1) is 11.8 Å². The minimum Gasteiger partial charge on any atom is -0.497 e. The number of nitrogens with two attached hydrogens (primary N) is 1. The number of aliphatic hydroxyl groups is 1. The number of ketones is 2. The molecule has 0 bridgehead atoms. The number of primary amides is 1. The maximum atomic E-state index is 14.7. The summed E-state index contributed by atoms with van der Waals surface area (Å²) < 4.78 is 23.3. The van der Waals surface area contributed by atoms with Gasteiger partial charge in [0.1, 0.15) is 12.4 Å². The number of anilines is 1. The number of imide groups is 1. The lowest BCUT2D eigenvalue weighted by molar-refractivity contribution is -0.149. The average Bonchev–Trinajstić information content (AvgIpc) is 1.73. The van der Waals surface area contributed by atoms with Gasteiger partial charge in [0.05, 0.1) is 85.7 Å². The number of aliphatic hydroxyl groups excluding tert-OH is 1. The standard InChI is InChI=1S/C78H122N10O18S/c1-17-48(8)70(86(13)74(99)57(45(2)3)38-60(91)69(47(6)7)85(11)12)61(104-15)39-64(93)88-42-55(89)37-58(88)71(105-16)49(9)72(97)81-50(10)68(52-26-30-56(103-14)31-27-52)84-77(102)106-43-51-24-28-54(29-25-51)82-73(98)53(22-21-34-80-76(79)101)36-59(90)67(46(4)5)83-63(92)23-19-18-20-35-87-65(94)40-62(75(87)100)107-44-78(32-33-78)41-66(95)96/h24-31,45-50,53,55,57-58,61-62,67-71,89H,17-23,32-44H2,1-16H3,(H,81,97)(H,82,98)(H,83,92)(H,84,102)(H,95,96)(H3,79,80,101)/t48-,49+,50+,53+,55-,57-,58-,61+,62?,67-,68?,69-,70-,71+/m0/s1. The van der Waals surface area contributed by atoms with Crippen LogP contribution in [-0.4, -0.2) is 222 Å². The summed E-state index contributed by atoms with van der Waals surface area (Å²) in [5.74, 6) is -5.73. The van der Waals surface area contributed by atoms with E-state index in [1.807, 2.05) is 60.5 Å². The fourth-order valence-electron chi connectivity index (χ4n) is 14.8. The van der Waals surface area contributed by atoms with E-state index in [1.165, 1.54) is 42.9 Å². The molecule has 3 fully saturated rings. The Labute approximate surface area is 636 Å². The van der Waals surface area contributed by atoms with Crippen LogP contribution in [0, 0.1) is 46.8 Å². The number of alkyl carbamates (subject to hydrolysis) is 1. The highest BCUT2D eigenvalue weighted by Crippen LogP contribution is 2.52. The Balaban J connectivity index is 1.19. The summed E-state index contributed by atoms with van der Waals surface area (Å²) >= 11 is 1.35. The molecule has 1 saturated carbocycles. The van der Waals surface area contributed by atoms with Crippen LogP contribution in [0.5, 0.6) is 5.75 Å². The van der Waals surface area contributed by atoms with E-state index in [4.69, 9.17) is 24.7 Å². The zero-order valence-corrected chi connectivity index (χ0v) is 66.6. The van der Waals surface area contributed by atoms with Crippen LogP contribution in [0.25, 0.3) is 0 Å². The highest BCUT2D eigenvalue weighted by atomic mass is 32.2. The van der Waals surface area contributed by atoms with E-state index in [0.29, 0.717) is 60.4 Å². The van der Waals surface area contributed by atoms with Crippen molar-refractivity contribution in [3.8, 4) is 5.75 Å². The summed E-state index contributed by atoms with van der Waals surface area (Å²) in [6.45, 7) is 18.8. The second-order valence-electron chi connectivity index (χ2n) is 30.8. The Hall–Kier alpha value is -7.73. The predicted octanol–water partition coefficient (Wildman–Crippen LogP) is 7.66. The number of methoxy groups -OCH3 is 3. The number of ether oxygens (including phenoxy) is 4. The largest absolute Gasteiger partial charge is 0.497 e. The minimum absolute atomic E-state index is 0.0197. The number of carbonyl (C=O) groups excluding carboxylic acids is 11. The number of hydrogen-bond acceptors (Lipinski definition) is 19. The van der Waals surface area contributed by atoms with Crippen molar-refractivity contribution in [1.82, 2.24) is 40.9 Å². The van der Waals surface area contributed by atoms with Gasteiger partial charge in [0.25, 0.3) is 0 Å². The normalized spacial score (nSPS) is 19.4. The second kappa shape index (κ2) is 42.9. The number of hydrogen-bond donors (Lipinski definition) is 8. The van der Waals surface area contributed by atoms with Gasteiger partial charge in [-0.3, -0.25) is 57.7 Å². The summed E-state index contributed by atoms with van der Waals surface area (Å²) in [4.78, 5) is 168. The molecule has 10 amide bonds. The molecule has 598 valence electrons. The topological polar surface area (TPSA) is 381 Å². The highest BCUT2D eigenvalue weighted by molar-refractivity contribution is 8.00. The molecule has 2 aromatic carbocycles. The van der Waals surface area contributed by atoms with Crippen LogP contribution in [0.2, 0.25) is 0 Å². The number of aliphatic carboxylic acids is 1. The number of carbonyl (C=O) groups is 12. The molecule has 3 aliphatic rings. The highest BCUT2D eigenvalue weighted by Gasteiger charge is 2.49. The number of nitrogens with one attached hydrogen (secondary N) is 5. The van der Waals surface area contributed by atoms with Crippen LogP contribution >= 0.6 is 11.8 Å². The molecule has 107 heavy (non-hydrogen) atoms. The third kappa shape index (κ3) is 26.8. The lowest BCUT2D eigenvalue weighted by Crippen LogP contribution is -2.55. The van der Waals surface area contributed by atoms with Crippen molar-refractivity contribution >= 4 is 88.5 Å². The molecule has 0 aromatic heterocycles. The summed E-state index contributed by atoms with van der Waals surface area (Å²) in [6, 6.07) is 8.34. The van der Waals surface area contributed by atoms with Gasteiger partial charge in [0.2, 0.25) is 41.4 Å². The van der Waals surface area contributed by atoms with E-state index in [-0.39, 0.29) is 154 Å². The number of β-amino-alcohol motifs (C(OH)–C–C–N with tert-alkyl or cyclic N) is 1. The van der Waals surface area contributed by atoms with E-state index in [0.717, 1.165) is 12.8 Å². The third-order valence-electron chi connectivity index (χ3n) is 21.3. The number of Topliss-reactive ketones (excluding diaryl/α,β-unsaturated/α-hetero) is 2. The van der Waals surface area contributed by atoms with Crippen molar-refractivity contribution in [3.63, 3.8) is 0 Å². The van der Waals surface area contributed by atoms with Crippen molar-refractivity contribution < 1.29 is 86.7 Å². The van der Waals surface area contributed by atoms with Gasteiger partial charge >= 0.3 is 18.1 Å². The van der Waals surface area contributed by atoms with Crippen LogP contribution in [0.15, 0.2) is 48.5 Å². The fourth-order valence-corrected chi connectivity index (χ4v) is 16.3.